The average molecular weight is 396 g/mol. The molecule has 7 nitrogen and oxygen atoms in total. The van der Waals surface area contributed by atoms with E-state index in [0.29, 0.717) is 24.4 Å². The van der Waals surface area contributed by atoms with Gasteiger partial charge in [-0.05, 0) is 31.9 Å². The van der Waals surface area contributed by atoms with Crippen molar-refractivity contribution in [2.45, 2.75) is 26.8 Å². The monoisotopic (exact) mass is 395 g/mol. The topological polar surface area (TPSA) is 84.6 Å². The second kappa shape index (κ2) is 7.99. The fourth-order valence-electron chi connectivity index (χ4n) is 4.81. The van der Waals surface area contributed by atoms with Gasteiger partial charge in [0.1, 0.15) is 12.4 Å². The van der Waals surface area contributed by atoms with Crippen molar-refractivity contribution in [3.8, 4) is 0 Å². The summed E-state index contributed by atoms with van der Waals surface area (Å²) in [6, 6.07) is 10.4. The van der Waals surface area contributed by atoms with Gasteiger partial charge in [0.25, 0.3) is 0 Å². The lowest BCUT2D eigenvalue weighted by atomic mass is 9.87. The lowest BCUT2D eigenvalue weighted by Gasteiger charge is -2.31. The van der Waals surface area contributed by atoms with Gasteiger partial charge in [0.15, 0.2) is 0 Å². The Labute approximate surface area is 171 Å². The van der Waals surface area contributed by atoms with E-state index in [-0.39, 0.29) is 18.6 Å². The van der Waals surface area contributed by atoms with Gasteiger partial charge in [-0.2, -0.15) is 4.98 Å². The van der Waals surface area contributed by atoms with E-state index < -0.39 is 0 Å². The molecule has 2 aromatic rings. The van der Waals surface area contributed by atoms with Crippen molar-refractivity contribution < 1.29 is 9.53 Å². The van der Waals surface area contributed by atoms with Crippen molar-refractivity contribution in [2.24, 2.45) is 11.8 Å². The highest BCUT2D eigenvalue weighted by atomic mass is 16.5. The van der Waals surface area contributed by atoms with Gasteiger partial charge in [-0.1, -0.05) is 24.3 Å². The summed E-state index contributed by atoms with van der Waals surface area (Å²) in [4.78, 5) is 25.9. The summed E-state index contributed by atoms with van der Waals surface area (Å²) in [6.07, 6.45) is 0. The number of benzene rings is 1. The molecule has 4 rings (SSSR count). The van der Waals surface area contributed by atoms with Crippen molar-refractivity contribution in [3.05, 3.63) is 47.2 Å². The van der Waals surface area contributed by atoms with Gasteiger partial charge in [0.2, 0.25) is 11.9 Å². The Hall–Kier alpha value is -2.67. The Morgan fingerprint density at radius 2 is 2.00 bits per heavy atom. The first-order valence-electron chi connectivity index (χ1n) is 10.3. The highest BCUT2D eigenvalue weighted by Crippen LogP contribution is 2.46. The summed E-state index contributed by atoms with van der Waals surface area (Å²) in [7, 11) is 0. The maximum Gasteiger partial charge on any atom is 0.249 e. The second-order valence-corrected chi connectivity index (χ2v) is 8.04. The predicted octanol–water partition coefficient (Wildman–Crippen LogP) is 2.35. The Kier molecular flexibility index (Phi) is 5.41. The van der Waals surface area contributed by atoms with Crippen LogP contribution in [0.5, 0.6) is 0 Å². The largest absolute Gasteiger partial charge is 0.372 e. The van der Waals surface area contributed by atoms with Gasteiger partial charge >= 0.3 is 0 Å². The van der Waals surface area contributed by atoms with Gasteiger partial charge in [-0.15, -0.1) is 0 Å². The number of nitrogen functional groups attached to an aromatic ring is 1. The molecule has 1 amide bonds. The van der Waals surface area contributed by atoms with Crippen molar-refractivity contribution in [1.82, 2.24) is 14.9 Å². The molecule has 2 fully saturated rings. The molecule has 0 aliphatic carbocycles. The van der Waals surface area contributed by atoms with E-state index in [1.807, 2.05) is 30.9 Å². The predicted molar refractivity (Wildman–Crippen MR) is 113 cm³/mol. The third-order valence-electron chi connectivity index (χ3n) is 6.10. The number of aromatic nitrogens is 2. The third kappa shape index (κ3) is 3.79. The van der Waals surface area contributed by atoms with Crippen LogP contribution in [0.15, 0.2) is 30.3 Å². The maximum absolute atomic E-state index is 12.9. The molecule has 29 heavy (non-hydrogen) atoms. The van der Waals surface area contributed by atoms with E-state index in [0.717, 1.165) is 31.1 Å². The Balaban J connectivity index is 1.63. The van der Waals surface area contributed by atoms with Gasteiger partial charge in [-0.3, -0.25) is 4.79 Å². The molecule has 0 unspecified atom stereocenters. The maximum atomic E-state index is 12.9. The van der Waals surface area contributed by atoms with Crippen LogP contribution in [0.4, 0.5) is 11.8 Å². The number of fused-ring (bicyclic) bond motifs is 1. The first kappa shape index (κ1) is 19.6. The Morgan fingerprint density at radius 3 is 2.72 bits per heavy atom. The van der Waals surface area contributed by atoms with Crippen molar-refractivity contribution in [1.29, 1.82) is 0 Å². The fourth-order valence-corrected chi connectivity index (χ4v) is 4.81. The first-order chi connectivity index (χ1) is 14.0. The van der Waals surface area contributed by atoms with Crippen molar-refractivity contribution in [2.75, 3.05) is 43.5 Å². The van der Waals surface area contributed by atoms with Crippen LogP contribution in [0.25, 0.3) is 0 Å². The number of hydrogen-bond acceptors (Lipinski definition) is 6. The highest BCUT2D eigenvalue weighted by Gasteiger charge is 2.49. The number of anilines is 2. The summed E-state index contributed by atoms with van der Waals surface area (Å²) in [6.45, 7) is 9.11. The lowest BCUT2D eigenvalue weighted by molar-refractivity contribution is -0.137. The number of carbonyl (C=O) groups is 1. The van der Waals surface area contributed by atoms with E-state index in [2.05, 4.69) is 40.0 Å². The normalized spacial score (nSPS) is 23.5. The SMILES string of the molecule is CCOCC(=O)N1C[C@@H]2CN(c3cc(C)nc(N)n3)C[C@@H]2[C@H]1c1ccccc1C. The molecule has 0 bridgehead atoms. The minimum atomic E-state index is 0.0550. The molecule has 0 spiro atoms. The first-order valence-corrected chi connectivity index (χ1v) is 10.3. The molecule has 0 saturated carbocycles. The molecule has 2 N–H and O–H groups in total. The summed E-state index contributed by atoms with van der Waals surface area (Å²) in [5.74, 6) is 1.99. The van der Waals surface area contributed by atoms with Crippen LogP contribution in [-0.2, 0) is 9.53 Å². The highest BCUT2D eigenvalue weighted by molar-refractivity contribution is 5.78. The number of hydrogen-bond donors (Lipinski definition) is 1. The fraction of sp³-hybridized carbons (Fsp3) is 0.500. The van der Waals surface area contributed by atoms with Gasteiger partial charge < -0.3 is 20.3 Å². The molecule has 154 valence electrons. The molecular weight excluding hydrogens is 366 g/mol. The summed E-state index contributed by atoms with van der Waals surface area (Å²) in [5.41, 5.74) is 9.19. The van der Waals surface area contributed by atoms with Gasteiger partial charge in [-0.25, -0.2) is 4.98 Å². The molecule has 3 heterocycles. The van der Waals surface area contributed by atoms with Gasteiger partial charge in [0.05, 0.1) is 6.04 Å². The average Bonchev–Trinajstić information content (AvgIpc) is 3.24. The molecule has 2 aliphatic heterocycles. The van der Waals surface area contributed by atoms with E-state index in [9.17, 15) is 4.79 Å². The van der Waals surface area contributed by atoms with E-state index in [1.54, 1.807) is 0 Å². The Morgan fingerprint density at radius 1 is 1.21 bits per heavy atom. The van der Waals surface area contributed by atoms with Crippen LogP contribution < -0.4 is 10.6 Å². The standard InChI is InChI=1S/C22H29N5O2/c1-4-29-13-20(28)27-11-16-10-26(19-9-15(3)24-22(23)25-19)12-18(16)21(27)17-8-6-5-7-14(17)2/h5-9,16,18,21H,4,10-13H2,1-3H3,(H2,23,24,25)/t16-,18-,21+/m0/s1. The smallest absolute Gasteiger partial charge is 0.249 e. The van der Waals surface area contributed by atoms with Crippen LogP contribution in [-0.4, -0.2) is 53.6 Å². The zero-order chi connectivity index (χ0) is 20.5. The molecular formula is C22H29N5O2. The number of ether oxygens (including phenoxy) is 1. The number of nitrogens with two attached hydrogens (primary N) is 1. The van der Waals surface area contributed by atoms with Crippen LogP contribution in [0, 0.1) is 25.7 Å². The number of carbonyl (C=O) groups excluding carboxylic acids is 1. The van der Waals surface area contributed by atoms with Gasteiger partial charge in [0, 0.05) is 49.8 Å². The third-order valence-corrected chi connectivity index (χ3v) is 6.10. The van der Waals surface area contributed by atoms with E-state index >= 15 is 0 Å². The Bertz CT molecular complexity index is 882. The number of aryl methyl sites for hydroxylation is 2. The summed E-state index contributed by atoms with van der Waals surface area (Å²) in [5, 5.41) is 0. The van der Waals surface area contributed by atoms with Crippen LogP contribution in [0.3, 0.4) is 0 Å². The zero-order valence-electron chi connectivity index (χ0n) is 17.3. The minimum absolute atomic E-state index is 0.0550. The zero-order valence-corrected chi connectivity index (χ0v) is 17.3. The molecule has 3 atom stereocenters. The molecule has 2 saturated heterocycles. The number of nitrogens with zero attached hydrogens (tertiary/aromatic N) is 4. The number of rotatable bonds is 5. The quantitative estimate of drug-likeness (QED) is 0.837. The molecule has 2 aliphatic rings. The molecule has 0 radical (unpaired) electrons. The van der Waals surface area contributed by atoms with Crippen molar-refractivity contribution in [3.63, 3.8) is 0 Å². The van der Waals surface area contributed by atoms with Crippen LogP contribution >= 0.6 is 0 Å². The van der Waals surface area contributed by atoms with Crippen molar-refractivity contribution >= 4 is 17.7 Å². The number of likely N-dealkylation sites (tertiary alicyclic amines) is 1. The summed E-state index contributed by atoms with van der Waals surface area (Å²) < 4.78 is 5.43. The summed E-state index contributed by atoms with van der Waals surface area (Å²) >= 11 is 0. The van der Waals surface area contributed by atoms with E-state index in [4.69, 9.17) is 10.5 Å². The van der Waals surface area contributed by atoms with E-state index in [1.165, 1.54) is 11.1 Å². The minimum Gasteiger partial charge on any atom is -0.372 e. The number of amides is 1. The lowest BCUT2D eigenvalue weighted by Crippen LogP contribution is -2.38. The van der Waals surface area contributed by atoms with Crippen LogP contribution in [0.2, 0.25) is 0 Å². The molecule has 7 heteroatoms. The molecule has 1 aromatic carbocycles. The van der Waals surface area contributed by atoms with Crippen LogP contribution in [0.1, 0.15) is 29.8 Å². The molecule has 1 aromatic heterocycles. The second-order valence-electron chi connectivity index (χ2n) is 8.04.